The number of aryl methyl sites for hydroxylation is 2. The first kappa shape index (κ1) is 66.3. The van der Waals surface area contributed by atoms with Crippen molar-refractivity contribution in [1.82, 2.24) is 10.1 Å². The van der Waals surface area contributed by atoms with E-state index < -0.39 is 6.16 Å². The molecule has 16 heteroatoms. The monoisotopic (exact) mass is 931 g/mol. The van der Waals surface area contributed by atoms with Gasteiger partial charge in [-0.1, -0.05) is 102 Å². The fourth-order valence-electron chi connectivity index (χ4n) is 4.38. The molecule has 0 spiro atoms. The van der Waals surface area contributed by atoms with E-state index in [1.807, 2.05) is 32.0 Å². The molecule has 1 aromatic heterocycles. The van der Waals surface area contributed by atoms with E-state index in [0.717, 1.165) is 101 Å². The number of rotatable bonds is 27. The van der Waals surface area contributed by atoms with Crippen LogP contribution in [-0.4, -0.2) is 109 Å². The minimum Gasteiger partial charge on any atom is -0.469 e. The van der Waals surface area contributed by atoms with Crippen molar-refractivity contribution in [2.24, 2.45) is 0 Å². The van der Waals surface area contributed by atoms with E-state index in [9.17, 15) is 19.2 Å². The van der Waals surface area contributed by atoms with Gasteiger partial charge in [-0.3, -0.25) is 4.79 Å². The molecule has 1 heterocycles. The summed E-state index contributed by atoms with van der Waals surface area (Å²) < 4.78 is 42.3. The lowest BCUT2D eigenvalue weighted by molar-refractivity contribution is -0.141. The molecule has 0 amide bonds. The van der Waals surface area contributed by atoms with Gasteiger partial charge in [-0.05, 0) is 76.0 Å². The summed E-state index contributed by atoms with van der Waals surface area (Å²) >= 11 is 6.05. The summed E-state index contributed by atoms with van der Waals surface area (Å²) in [5, 5.41) is 4.45. The molecule has 0 aliphatic rings. The Labute approximate surface area is 390 Å². The lowest BCUT2D eigenvalue weighted by atomic mass is 10.1. The summed E-state index contributed by atoms with van der Waals surface area (Å²) in [6, 6.07) is 5.73. The zero-order valence-electron chi connectivity index (χ0n) is 40.9. The van der Waals surface area contributed by atoms with Gasteiger partial charge in [-0.2, -0.15) is 4.98 Å². The number of methoxy groups -OCH3 is 5. The van der Waals surface area contributed by atoms with Crippen LogP contribution >= 0.6 is 11.6 Å². The summed E-state index contributed by atoms with van der Waals surface area (Å²) in [5.74, 6) is 0.284. The van der Waals surface area contributed by atoms with Gasteiger partial charge in [-0.25, -0.2) is 14.4 Å². The molecule has 64 heavy (non-hydrogen) atoms. The number of carbonyl (C=O) groups excluding carboxylic acids is 4. The molecule has 0 saturated heterocycles. The zero-order chi connectivity index (χ0) is 49.1. The van der Waals surface area contributed by atoms with Gasteiger partial charge in [0, 0.05) is 72.2 Å². The van der Waals surface area contributed by atoms with E-state index in [-0.39, 0.29) is 17.9 Å². The van der Waals surface area contributed by atoms with E-state index in [1.165, 1.54) is 46.0 Å². The Kier molecular flexibility index (Phi) is 54.9. The number of carbonyl (C=O) groups is 4. The molecule has 0 saturated carbocycles. The average molecular weight is 932 g/mol. The van der Waals surface area contributed by atoms with E-state index in [2.05, 4.69) is 51.4 Å². The number of esters is 3. The molecular formula is C48H83ClN2O13. The van der Waals surface area contributed by atoms with Crippen LogP contribution in [0.15, 0.2) is 48.0 Å². The lowest BCUT2D eigenvalue weighted by Crippen LogP contribution is -2.04. The van der Waals surface area contributed by atoms with Crippen LogP contribution in [0.25, 0.3) is 11.4 Å². The smallest absolute Gasteiger partial charge is 0.469 e. The summed E-state index contributed by atoms with van der Waals surface area (Å²) in [7, 11) is 7.83. The average Bonchev–Trinajstić information content (AvgIpc) is 3.73. The fraction of sp³-hybridized carbons (Fsp3) is 0.667. The topological polar surface area (TPSA) is 181 Å². The minimum atomic E-state index is -0.594. The second kappa shape index (κ2) is 53.0. The quantitative estimate of drug-likeness (QED) is 0.0357. The Morgan fingerprint density at radius 3 is 1.48 bits per heavy atom. The maximum absolute atomic E-state index is 10.6. The Bertz CT molecular complexity index is 1380. The summed E-state index contributed by atoms with van der Waals surface area (Å²) in [6.45, 7) is 20.5. The molecule has 0 fully saturated rings. The second-order valence-corrected chi connectivity index (χ2v) is 14.1. The van der Waals surface area contributed by atoms with Gasteiger partial charge in [-0.15, -0.1) is 0 Å². The van der Waals surface area contributed by atoms with E-state index in [1.54, 1.807) is 28.3 Å². The van der Waals surface area contributed by atoms with Gasteiger partial charge in [0.25, 0.3) is 0 Å². The van der Waals surface area contributed by atoms with Gasteiger partial charge in [0.2, 0.25) is 11.7 Å². The summed E-state index contributed by atoms with van der Waals surface area (Å²) in [5.41, 5.74) is 1.91. The number of hydrogen-bond acceptors (Lipinski definition) is 15. The Morgan fingerprint density at radius 2 is 1.06 bits per heavy atom. The molecule has 15 nitrogen and oxygen atoms in total. The zero-order valence-corrected chi connectivity index (χ0v) is 41.7. The number of aromatic nitrogens is 2. The van der Waals surface area contributed by atoms with Crippen molar-refractivity contribution in [1.29, 1.82) is 0 Å². The van der Waals surface area contributed by atoms with Gasteiger partial charge < -0.3 is 42.4 Å². The summed E-state index contributed by atoms with van der Waals surface area (Å²) in [4.78, 5) is 45.9. The van der Waals surface area contributed by atoms with Crippen LogP contribution in [0, 0.1) is 13.8 Å². The predicted molar refractivity (Wildman–Crippen MR) is 253 cm³/mol. The van der Waals surface area contributed by atoms with Crippen molar-refractivity contribution in [2.45, 2.75) is 137 Å². The third-order valence-corrected chi connectivity index (χ3v) is 8.31. The maximum Gasteiger partial charge on any atom is 0.507 e. The molecule has 0 unspecified atom stereocenters. The highest BCUT2D eigenvalue weighted by atomic mass is 35.5. The van der Waals surface area contributed by atoms with Gasteiger partial charge in [0.05, 0.1) is 39.1 Å². The van der Waals surface area contributed by atoms with Crippen LogP contribution in [0.2, 0.25) is 5.02 Å². The first-order chi connectivity index (χ1) is 30.8. The first-order valence-corrected chi connectivity index (χ1v) is 22.6. The molecule has 0 N–H and O–H groups in total. The minimum absolute atomic E-state index is 0.0940. The van der Waals surface area contributed by atoms with E-state index in [0.29, 0.717) is 49.6 Å². The lowest BCUT2D eigenvalue weighted by Gasteiger charge is -2.01. The number of unbranched alkanes of at least 4 members (excludes halogenated alkanes) is 10. The molecule has 0 aliphatic carbocycles. The first-order valence-electron chi connectivity index (χ1n) is 22.2. The van der Waals surface area contributed by atoms with Crippen LogP contribution < -0.4 is 0 Å². The predicted octanol–water partition coefficient (Wildman–Crippen LogP) is 11.6. The van der Waals surface area contributed by atoms with Crippen molar-refractivity contribution >= 4 is 35.7 Å². The molecule has 0 atom stereocenters. The number of ether oxygens (including phenoxy) is 8. The molecule has 0 bridgehead atoms. The highest BCUT2D eigenvalue weighted by Gasteiger charge is 2.09. The van der Waals surface area contributed by atoms with Crippen LogP contribution in [0.5, 0.6) is 0 Å². The van der Waals surface area contributed by atoms with Crippen LogP contribution in [0.4, 0.5) is 4.79 Å². The number of nitrogens with zero attached hydrogens (tertiary/aromatic N) is 2. The third kappa shape index (κ3) is 50.3. The van der Waals surface area contributed by atoms with Gasteiger partial charge in [0.15, 0.2) is 0 Å². The molecule has 1 aromatic carbocycles. The Morgan fingerprint density at radius 1 is 0.609 bits per heavy atom. The number of halogens is 1. The van der Waals surface area contributed by atoms with Crippen molar-refractivity contribution < 1.29 is 61.6 Å². The van der Waals surface area contributed by atoms with Crippen molar-refractivity contribution in [3.63, 3.8) is 0 Å². The van der Waals surface area contributed by atoms with Crippen LogP contribution in [0.3, 0.4) is 0 Å². The highest BCUT2D eigenvalue weighted by Crippen LogP contribution is 2.26. The molecule has 2 rings (SSSR count). The summed E-state index contributed by atoms with van der Waals surface area (Å²) in [6.07, 6.45) is 18.6. The third-order valence-electron chi connectivity index (χ3n) is 8.00. The molecule has 0 radical (unpaired) electrons. The maximum atomic E-state index is 10.6. The molecular weight excluding hydrogens is 848 g/mol. The SMILES string of the molecule is C=CC(=O)OCCCCCCOC.C=CC(=O)OCCCCOC.CCCCCC(=O)OC.CCCCCCOC.CCCCOC(=O)OC.Cc1ccc(-c2noc(C)n2)c(Cl)c1. The fourth-order valence-corrected chi connectivity index (χ4v) is 4.70. The largest absolute Gasteiger partial charge is 0.507 e. The molecule has 2 aromatic rings. The standard InChI is InChI=1S/C10H9ClN2O.C10H18O3.C8H14O3.C7H14O2.C7H16O.C6H12O3/c1-6-3-4-8(9(11)5-6)10-12-7(2)14-13-10;1-3-10(11)13-9-7-5-4-6-8-12-2;1-3-8(9)11-7-5-4-6-10-2;1-3-4-5-6-7(8)9-2;1-3-4-5-6-7-8-2;1-3-4-5-9-6(7)8-2/h3-5H,1-2H3;3H,1,4-9H2,2H3;3H,1,4-7H2,2H3;3-6H2,1-2H3;3-7H2,1-2H3;3-5H2,1-2H3. The van der Waals surface area contributed by atoms with Gasteiger partial charge in [0.1, 0.15) is 0 Å². The number of benzene rings is 1. The normalized spacial score (nSPS) is 9.55. The Hall–Kier alpha value is -4.31. The highest BCUT2D eigenvalue weighted by molar-refractivity contribution is 6.33. The van der Waals surface area contributed by atoms with E-state index >= 15 is 0 Å². The van der Waals surface area contributed by atoms with E-state index in [4.69, 9.17) is 39.8 Å². The van der Waals surface area contributed by atoms with Gasteiger partial charge >= 0.3 is 24.1 Å². The van der Waals surface area contributed by atoms with Crippen molar-refractivity contribution in [3.05, 3.63) is 60.0 Å². The van der Waals surface area contributed by atoms with Crippen molar-refractivity contribution in [2.75, 3.05) is 75.2 Å². The van der Waals surface area contributed by atoms with Crippen LogP contribution in [0.1, 0.15) is 135 Å². The van der Waals surface area contributed by atoms with Crippen LogP contribution in [-0.2, 0) is 52.3 Å². The number of hydrogen-bond donors (Lipinski definition) is 0. The molecule has 0 aliphatic heterocycles. The van der Waals surface area contributed by atoms with Crippen molar-refractivity contribution in [3.8, 4) is 11.4 Å². The Balaban J connectivity index is -0.000000342. The second-order valence-electron chi connectivity index (χ2n) is 13.7. The molecule has 370 valence electrons.